The van der Waals surface area contributed by atoms with E-state index < -0.39 is 16.3 Å². The van der Waals surface area contributed by atoms with Gasteiger partial charge in [-0.05, 0) is 28.0 Å². The van der Waals surface area contributed by atoms with Gasteiger partial charge in [0.1, 0.15) is 0 Å². The van der Waals surface area contributed by atoms with Gasteiger partial charge in [0, 0.05) is 27.2 Å². The first-order valence-electron chi connectivity index (χ1n) is 6.83. The van der Waals surface area contributed by atoms with Crippen molar-refractivity contribution >= 4 is 21.5 Å². The van der Waals surface area contributed by atoms with Crippen molar-refractivity contribution in [2.75, 3.05) is 20.6 Å². The van der Waals surface area contributed by atoms with E-state index in [1.807, 2.05) is 41.1 Å². The topological polar surface area (TPSA) is 60.9 Å². The maximum absolute atomic E-state index is 12.5. The minimum Gasteiger partial charge on any atom is -0.387 e. The fourth-order valence-corrected chi connectivity index (χ4v) is 3.83. The molecule has 0 amide bonds. The Labute approximate surface area is 135 Å². The molecule has 5 nitrogen and oxygen atoms in total. The van der Waals surface area contributed by atoms with Crippen LogP contribution in [0.5, 0.6) is 0 Å². The lowest BCUT2D eigenvalue weighted by Crippen LogP contribution is -2.41. The minimum absolute atomic E-state index is 0.0200. The predicted molar refractivity (Wildman–Crippen MR) is 88.7 cm³/mol. The second-order valence-corrected chi connectivity index (χ2v) is 8.06. The molecule has 0 aliphatic heterocycles. The zero-order valence-electron chi connectivity index (χ0n) is 12.6. The van der Waals surface area contributed by atoms with Gasteiger partial charge in [-0.25, -0.2) is 0 Å². The first-order valence-corrected chi connectivity index (χ1v) is 9.17. The Kier molecular flexibility index (Phi) is 5.71. The molecular formula is C15H20N2O3S2. The third-order valence-electron chi connectivity index (χ3n) is 3.29. The molecule has 0 radical (unpaired) electrons. The second kappa shape index (κ2) is 7.34. The molecule has 0 fully saturated rings. The molecule has 22 heavy (non-hydrogen) atoms. The van der Waals surface area contributed by atoms with E-state index >= 15 is 0 Å². The van der Waals surface area contributed by atoms with Gasteiger partial charge in [-0.2, -0.15) is 28.4 Å². The first-order chi connectivity index (χ1) is 10.4. The van der Waals surface area contributed by atoms with Gasteiger partial charge in [0.05, 0.1) is 6.10 Å². The number of aliphatic hydroxyl groups is 1. The van der Waals surface area contributed by atoms with Crippen molar-refractivity contribution in [3.05, 3.63) is 58.3 Å². The van der Waals surface area contributed by atoms with Crippen molar-refractivity contribution < 1.29 is 13.5 Å². The lowest BCUT2D eigenvalue weighted by molar-refractivity contribution is 0.143. The molecule has 0 saturated heterocycles. The van der Waals surface area contributed by atoms with Crippen molar-refractivity contribution in [1.29, 1.82) is 0 Å². The summed E-state index contributed by atoms with van der Waals surface area (Å²) in [6, 6.07) is 11.2. The summed E-state index contributed by atoms with van der Waals surface area (Å²) in [7, 11) is -0.632. The number of rotatable bonds is 7. The van der Waals surface area contributed by atoms with E-state index in [9.17, 15) is 13.5 Å². The van der Waals surface area contributed by atoms with E-state index in [2.05, 4.69) is 0 Å². The standard InChI is InChI=1S/C15H20N2O3S2/c1-16(2)22(19,20)17(10-13-6-4-3-5-7-13)11-15(18)14-8-9-21-12-14/h3-9,12,15,18H,10-11H2,1-2H3/t15-/m1/s1. The third kappa shape index (κ3) is 4.15. The smallest absolute Gasteiger partial charge is 0.281 e. The quantitative estimate of drug-likeness (QED) is 0.839. The average Bonchev–Trinajstić information content (AvgIpc) is 3.01. The Morgan fingerprint density at radius 3 is 2.41 bits per heavy atom. The Hall–Kier alpha value is -1.25. The third-order valence-corrected chi connectivity index (χ3v) is 5.85. The maximum Gasteiger partial charge on any atom is 0.281 e. The molecular weight excluding hydrogens is 320 g/mol. The number of aliphatic hydroxyl groups excluding tert-OH is 1. The van der Waals surface area contributed by atoms with E-state index in [-0.39, 0.29) is 13.1 Å². The van der Waals surface area contributed by atoms with Crippen LogP contribution in [-0.4, -0.2) is 42.8 Å². The minimum atomic E-state index is -3.61. The summed E-state index contributed by atoms with van der Waals surface area (Å²) in [5, 5.41) is 14.0. The van der Waals surface area contributed by atoms with Crippen molar-refractivity contribution in [1.82, 2.24) is 8.61 Å². The molecule has 1 aromatic heterocycles. The average molecular weight is 340 g/mol. The van der Waals surface area contributed by atoms with Gasteiger partial charge >= 0.3 is 0 Å². The highest BCUT2D eigenvalue weighted by molar-refractivity contribution is 7.86. The van der Waals surface area contributed by atoms with E-state index in [1.165, 1.54) is 29.7 Å². The van der Waals surface area contributed by atoms with Crippen molar-refractivity contribution in [3.8, 4) is 0 Å². The van der Waals surface area contributed by atoms with Crippen LogP contribution >= 0.6 is 11.3 Å². The summed E-state index contributed by atoms with van der Waals surface area (Å²) in [4.78, 5) is 0. The molecule has 0 bridgehead atoms. The van der Waals surface area contributed by atoms with Gasteiger partial charge in [-0.3, -0.25) is 0 Å². The van der Waals surface area contributed by atoms with Gasteiger partial charge in [-0.15, -0.1) is 0 Å². The molecule has 0 aliphatic rings. The molecule has 120 valence electrons. The summed E-state index contributed by atoms with van der Waals surface area (Å²) >= 11 is 1.47. The summed E-state index contributed by atoms with van der Waals surface area (Å²) < 4.78 is 27.4. The maximum atomic E-state index is 12.5. The van der Waals surface area contributed by atoms with Gasteiger partial charge in [0.25, 0.3) is 10.2 Å². The fraction of sp³-hybridized carbons (Fsp3) is 0.333. The van der Waals surface area contributed by atoms with Crippen LogP contribution in [0.15, 0.2) is 47.2 Å². The molecule has 0 saturated carbocycles. The van der Waals surface area contributed by atoms with Crippen molar-refractivity contribution in [3.63, 3.8) is 0 Å². The highest BCUT2D eigenvalue weighted by Gasteiger charge is 2.27. The summed E-state index contributed by atoms with van der Waals surface area (Å²) in [5.74, 6) is 0. The van der Waals surface area contributed by atoms with Crippen LogP contribution in [0.1, 0.15) is 17.2 Å². The van der Waals surface area contributed by atoms with Crippen LogP contribution in [0.25, 0.3) is 0 Å². The zero-order chi connectivity index (χ0) is 16.2. The SMILES string of the molecule is CN(C)S(=O)(=O)N(Cc1ccccc1)C[C@@H](O)c1ccsc1. The van der Waals surface area contributed by atoms with Gasteiger partial charge < -0.3 is 5.11 Å². The molecule has 0 aliphatic carbocycles. The van der Waals surface area contributed by atoms with Crippen LogP contribution in [0, 0.1) is 0 Å². The second-order valence-electron chi connectivity index (χ2n) is 5.14. The molecule has 1 atom stereocenters. The van der Waals surface area contributed by atoms with Crippen molar-refractivity contribution in [2.45, 2.75) is 12.6 Å². The van der Waals surface area contributed by atoms with Crippen LogP contribution < -0.4 is 0 Å². The molecule has 0 spiro atoms. The predicted octanol–water partition coefficient (Wildman–Crippen LogP) is 2.09. The van der Waals surface area contributed by atoms with Gasteiger partial charge in [-0.1, -0.05) is 30.3 Å². The Balaban J connectivity index is 2.22. The molecule has 1 aromatic carbocycles. The lowest BCUT2D eigenvalue weighted by atomic mass is 10.2. The fourth-order valence-electron chi connectivity index (χ4n) is 2.02. The highest BCUT2D eigenvalue weighted by atomic mass is 32.2. The molecule has 1 heterocycles. The van der Waals surface area contributed by atoms with Crippen LogP contribution in [-0.2, 0) is 16.8 Å². The molecule has 1 N–H and O–H groups in total. The molecule has 0 unspecified atom stereocenters. The number of nitrogens with zero attached hydrogens (tertiary/aromatic N) is 2. The lowest BCUT2D eigenvalue weighted by Gasteiger charge is -2.27. The van der Waals surface area contributed by atoms with E-state index in [0.29, 0.717) is 0 Å². The number of benzene rings is 1. The van der Waals surface area contributed by atoms with E-state index in [4.69, 9.17) is 0 Å². The van der Waals surface area contributed by atoms with E-state index in [0.717, 1.165) is 15.4 Å². The summed E-state index contributed by atoms with van der Waals surface area (Å²) in [6.07, 6.45) is -0.843. The summed E-state index contributed by atoms with van der Waals surface area (Å²) in [6.45, 7) is 0.245. The number of hydrogen-bond donors (Lipinski definition) is 1. The van der Waals surface area contributed by atoms with Crippen molar-refractivity contribution in [2.24, 2.45) is 0 Å². The Bertz CT molecular complexity index is 670. The van der Waals surface area contributed by atoms with E-state index in [1.54, 1.807) is 6.07 Å². The van der Waals surface area contributed by atoms with Crippen LogP contribution in [0.2, 0.25) is 0 Å². The normalized spacial score (nSPS) is 13.7. The number of hydrogen-bond acceptors (Lipinski definition) is 4. The first kappa shape index (κ1) is 17.1. The largest absolute Gasteiger partial charge is 0.387 e. The Morgan fingerprint density at radius 1 is 1.18 bits per heavy atom. The molecule has 7 heteroatoms. The Morgan fingerprint density at radius 2 is 1.86 bits per heavy atom. The zero-order valence-corrected chi connectivity index (χ0v) is 14.2. The number of thiophene rings is 1. The molecule has 2 aromatic rings. The van der Waals surface area contributed by atoms with Gasteiger partial charge in [0.2, 0.25) is 0 Å². The summed E-state index contributed by atoms with van der Waals surface area (Å²) in [5.41, 5.74) is 1.61. The van der Waals surface area contributed by atoms with Crippen LogP contribution in [0.4, 0.5) is 0 Å². The molecule has 2 rings (SSSR count). The van der Waals surface area contributed by atoms with Gasteiger partial charge in [0.15, 0.2) is 0 Å². The highest BCUT2D eigenvalue weighted by Crippen LogP contribution is 2.21. The monoisotopic (exact) mass is 340 g/mol. The van der Waals surface area contributed by atoms with Crippen LogP contribution in [0.3, 0.4) is 0 Å².